The number of nitrogens with zero attached hydrogens (tertiary/aromatic N) is 1. The van der Waals surface area contributed by atoms with Gasteiger partial charge in [0, 0.05) is 18.0 Å². The van der Waals surface area contributed by atoms with Crippen molar-refractivity contribution in [3.8, 4) is 5.88 Å². The van der Waals surface area contributed by atoms with Crippen LogP contribution in [0.5, 0.6) is 5.88 Å². The molecule has 0 amide bonds. The first-order valence-electron chi connectivity index (χ1n) is 7.53. The molecule has 0 aliphatic carbocycles. The first kappa shape index (κ1) is 15.5. The number of nitrogens with one attached hydrogen (secondary N) is 1. The van der Waals surface area contributed by atoms with E-state index < -0.39 is 0 Å². The van der Waals surface area contributed by atoms with Crippen LogP contribution in [-0.4, -0.2) is 18.1 Å². The Labute approximate surface area is 127 Å². The van der Waals surface area contributed by atoms with Gasteiger partial charge in [-0.15, -0.1) is 6.58 Å². The number of pyridine rings is 1. The van der Waals surface area contributed by atoms with Crippen molar-refractivity contribution in [2.24, 2.45) is 5.92 Å². The Morgan fingerprint density at radius 1 is 1.33 bits per heavy atom. The third-order valence-electron chi connectivity index (χ3n) is 3.22. The molecule has 0 fully saturated rings. The third-order valence-corrected chi connectivity index (χ3v) is 3.22. The predicted octanol–water partition coefficient (Wildman–Crippen LogP) is 3.94. The van der Waals surface area contributed by atoms with Gasteiger partial charge in [0.1, 0.15) is 0 Å². The van der Waals surface area contributed by atoms with Crippen molar-refractivity contribution in [2.45, 2.75) is 26.8 Å². The molecule has 1 N–H and O–H groups in total. The van der Waals surface area contributed by atoms with Crippen LogP contribution in [0.25, 0.3) is 10.9 Å². The van der Waals surface area contributed by atoms with Crippen LogP contribution in [0.2, 0.25) is 0 Å². The average Bonchev–Trinajstić information content (AvgIpc) is 2.47. The lowest BCUT2D eigenvalue weighted by atomic mass is 10.1. The molecule has 0 aliphatic rings. The summed E-state index contributed by atoms with van der Waals surface area (Å²) in [5.74, 6) is 1.33. The highest BCUT2D eigenvalue weighted by Gasteiger charge is 2.06. The minimum absolute atomic E-state index is 0.619. The van der Waals surface area contributed by atoms with Gasteiger partial charge in [-0.1, -0.05) is 38.1 Å². The second-order valence-corrected chi connectivity index (χ2v) is 5.59. The van der Waals surface area contributed by atoms with E-state index in [0.29, 0.717) is 18.4 Å². The van der Waals surface area contributed by atoms with Crippen molar-refractivity contribution in [2.75, 3.05) is 13.2 Å². The molecule has 1 aromatic heterocycles. The molecule has 112 valence electrons. The molecule has 1 aromatic carbocycles. The SMILES string of the molecule is C=CCCOc1cc(CNCC(C)C)c2ccccc2n1. The number of ether oxygens (including phenoxy) is 1. The highest BCUT2D eigenvalue weighted by atomic mass is 16.5. The second-order valence-electron chi connectivity index (χ2n) is 5.59. The molecule has 0 spiro atoms. The summed E-state index contributed by atoms with van der Waals surface area (Å²) >= 11 is 0. The fourth-order valence-corrected chi connectivity index (χ4v) is 2.18. The Morgan fingerprint density at radius 3 is 2.90 bits per heavy atom. The molecular formula is C18H24N2O. The first-order valence-corrected chi connectivity index (χ1v) is 7.53. The summed E-state index contributed by atoms with van der Waals surface area (Å²) in [5.41, 5.74) is 2.21. The van der Waals surface area contributed by atoms with Crippen molar-refractivity contribution >= 4 is 10.9 Å². The highest BCUT2D eigenvalue weighted by Crippen LogP contribution is 2.22. The van der Waals surface area contributed by atoms with Crippen molar-refractivity contribution in [3.63, 3.8) is 0 Å². The monoisotopic (exact) mass is 284 g/mol. The molecule has 0 radical (unpaired) electrons. The maximum atomic E-state index is 5.71. The molecule has 0 aliphatic heterocycles. The molecule has 2 aromatic rings. The van der Waals surface area contributed by atoms with E-state index in [4.69, 9.17) is 4.74 Å². The number of fused-ring (bicyclic) bond motifs is 1. The van der Waals surface area contributed by atoms with Crippen LogP contribution in [-0.2, 0) is 6.54 Å². The number of rotatable bonds is 8. The van der Waals surface area contributed by atoms with Crippen LogP contribution >= 0.6 is 0 Å². The zero-order valence-electron chi connectivity index (χ0n) is 12.9. The summed E-state index contributed by atoms with van der Waals surface area (Å²) in [4.78, 5) is 4.57. The van der Waals surface area contributed by atoms with Gasteiger partial charge in [-0.25, -0.2) is 4.98 Å². The van der Waals surface area contributed by atoms with E-state index in [-0.39, 0.29) is 0 Å². The number of hydrogen-bond donors (Lipinski definition) is 1. The van der Waals surface area contributed by atoms with Crippen LogP contribution in [0.1, 0.15) is 25.8 Å². The lowest BCUT2D eigenvalue weighted by Crippen LogP contribution is -2.19. The molecule has 21 heavy (non-hydrogen) atoms. The molecule has 3 nitrogen and oxygen atoms in total. The molecular weight excluding hydrogens is 260 g/mol. The van der Waals surface area contributed by atoms with E-state index >= 15 is 0 Å². The molecule has 0 bridgehead atoms. The fourth-order valence-electron chi connectivity index (χ4n) is 2.18. The third kappa shape index (κ3) is 4.57. The Hall–Kier alpha value is -1.87. The summed E-state index contributed by atoms with van der Waals surface area (Å²) < 4.78 is 5.71. The number of para-hydroxylation sites is 1. The van der Waals surface area contributed by atoms with Gasteiger partial charge in [0.15, 0.2) is 0 Å². The van der Waals surface area contributed by atoms with Gasteiger partial charge in [-0.3, -0.25) is 0 Å². The van der Waals surface area contributed by atoms with E-state index in [1.54, 1.807) is 0 Å². The highest BCUT2D eigenvalue weighted by molar-refractivity contribution is 5.82. The predicted molar refractivity (Wildman–Crippen MR) is 88.6 cm³/mol. The molecule has 3 heteroatoms. The molecule has 1 heterocycles. The average molecular weight is 284 g/mol. The van der Waals surface area contributed by atoms with Crippen molar-refractivity contribution in [3.05, 3.63) is 48.6 Å². The van der Waals surface area contributed by atoms with E-state index in [2.05, 4.69) is 36.8 Å². The van der Waals surface area contributed by atoms with Gasteiger partial charge >= 0.3 is 0 Å². The van der Waals surface area contributed by atoms with Crippen LogP contribution in [0.4, 0.5) is 0 Å². The fraction of sp³-hybridized carbons (Fsp3) is 0.389. The first-order chi connectivity index (χ1) is 10.2. The zero-order chi connectivity index (χ0) is 15.1. The lowest BCUT2D eigenvalue weighted by Gasteiger charge is -2.12. The molecule has 0 saturated carbocycles. The van der Waals surface area contributed by atoms with Crippen LogP contribution < -0.4 is 10.1 Å². The van der Waals surface area contributed by atoms with Gasteiger partial charge in [0.05, 0.1) is 12.1 Å². The largest absolute Gasteiger partial charge is 0.477 e. The minimum Gasteiger partial charge on any atom is -0.477 e. The van der Waals surface area contributed by atoms with Gasteiger partial charge in [-0.2, -0.15) is 0 Å². The van der Waals surface area contributed by atoms with E-state index in [9.17, 15) is 0 Å². The van der Waals surface area contributed by atoms with E-state index in [0.717, 1.165) is 25.0 Å². The summed E-state index contributed by atoms with van der Waals surface area (Å²) in [6.07, 6.45) is 2.68. The summed E-state index contributed by atoms with van der Waals surface area (Å²) in [5, 5.41) is 4.67. The van der Waals surface area contributed by atoms with Crippen LogP contribution in [0, 0.1) is 5.92 Å². The number of benzene rings is 1. The topological polar surface area (TPSA) is 34.1 Å². The Morgan fingerprint density at radius 2 is 2.14 bits per heavy atom. The lowest BCUT2D eigenvalue weighted by molar-refractivity contribution is 0.313. The smallest absolute Gasteiger partial charge is 0.214 e. The quantitative estimate of drug-likeness (QED) is 0.589. The maximum Gasteiger partial charge on any atom is 0.214 e. The van der Waals surface area contributed by atoms with Crippen molar-refractivity contribution < 1.29 is 4.74 Å². The van der Waals surface area contributed by atoms with Gasteiger partial charge in [-0.05, 0) is 30.5 Å². The summed E-state index contributed by atoms with van der Waals surface area (Å²) in [6, 6.07) is 10.2. The van der Waals surface area contributed by atoms with Crippen LogP contribution in [0.3, 0.4) is 0 Å². The van der Waals surface area contributed by atoms with Gasteiger partial charge in [0.2, 0.25) is 5.88 Å². The van der Waals surface area contributed by atoms with Crippen LogP contribution in [0.15, 0.2) is 43.0 Å². The maximum absolute atomic E-state index is 5.71. The summed E-state index contributed by atoms with van der Waals surface area (Å²) in [7, 11) is 0. The standard InChI is InChI=1S/C18H24N2O/c1-4-5-10-21-18-11-15(13-19-12-14(2)3)16-8-6-7-9-17(16)20-18/h4,6-9,11,14,19H,1,5,10,12-13H2,2-3H3. The Balaban J connectivity index is 2.20. The Bertz CT molecular complexity index is 593. The van der Waals surface area contributed by atoms with Crippen molar-refractivity contribution in [1.82, 2.24) is 10.3 Å². The van der Waals surface area contributed by atoms with Crippen molar-refractivity contribution in [1.29, 1.82) is 0 Å². The van der Waals surface area contributed by atoms with Gasteiger partial charge in [0.25, 0.3) is 0 Å². The zero-order valence-corrected chi connectivity index (χ0v) is 12.9. The Kier molecular flexibility index (Phi) is 5.76. The summed E-state index contributed by atoms with van der Waals surface area (Å²) in [6.45, 7) is 10.6. The minimum atomic E-state index is 0.619. The second kappa shape index (κ2) is 7.79. The molecule has 0 unspecified atom stereocenters. The molecule has 0 saturated heterocycles. The van der Waals surface area contributed by atoms with E-state index in [1.165, 1.54) is 10.9 Å². The normalized spacial score (nSPS) is 11.0. The number of hydrogen-bond acceptors (Lipinski definition) is 3. The van der Waals surface area contributed by atoms with Gasteiger partial charge < -0.3 is 10.1 Å². The van der Waals surface area contributed by atoms with E-state index in [1.807, 2.05) is 30.3 Å². The molecule has 2 rings (SSSR count). The molecule has 0 atom stereocenters. The number of aromatic nitrogens is 1.